The molecule has 0 spiro atoms. The van der Waals surface area contributed by atoms with Crippen LogP contribution in [0, 0.1) is 5.92 Å². The third-order valence-electron chi connectivity index (χ3n) is 2.46. The molecule has 0 bridgehead atoms. The summed E-state index contributed by atoms with van der Waals surface area (Å²) in [7, 11) is 1.41. The van der Waals surface area contributed by atoms with Gasteiger partial charge in [0.2, 0.25) is 0 Å². The Kier molecular flexibility index (Phi) is 3.63. The summed E-state index contributed by atoms with van der Waals surface area (Å²) in [6.45, 7) is 1.41. The fraction of sp³-hybridized carbons (Fsp3) is 1.00. The Morgan fingerprint density at radius 2 is 1.92 bits per heavy atom. The average molecular weight is 192 g/mol. The number of hydrogen-bond donors (Lipinski definition) is 3. The summed E-state index contributed by atoms with van der Waals surface area (Å²) in [4.78, 5) is 0. The third kappa shape index (κ3) is 2.00. The fourth-order valence-electron chi connectivity index (χ4n) is 1.47. The minimum atomic E-state index is -0.859. The lowest BCUT2D eigenvalue weighted by Crippen LogP contribution is -2.54. The third-order valence-corrected chi connectivity index (χ3v) is 2.46. The van der Waals surface area contributed by atoms with E-state index in [0.717, 1.165) is 0 Å². The predicted octanol–water partition coefficient (Wildman–Crippen LogP) is -1.29. The van der Waals surface area contributed by atoms with Gasteiger partial charge in [0.25, 0.3) is 0 Å². The van der Waals surface area contributed by atoms with Crippen LogP contribution in [0.2, 0.25) is 0 Å². The number of aliphatic hydroxyl groups excluding tert-OH is 3. The summed E-state index contributed by atoms with van der Waals surface area (Å²) in [6, 6.07) is 0. The van der Waals surface area contributed by atoms with Crippen LogP contribution in [0.15, 0.2) is 0 Å². The van der Waals surface area contributed by atoms with E-state index in [0.29, 0.717) is 0 Å². The summed E-state index contributed by atoms with van der Waals surface area (Å²) in [6.07, 6.45) is -3.16. The molecule has 0 aliphatic carbocycles. The summed E-state index contributed by atoms with van der Waals surface area (Å²) < 4.78 is 9.97. The van der Waals surface area contributed by atoms with Crippen LogP contribution >= 0.6 is 0 Å². The van der Waals surface area contributed by atoms with Crippen LogP contribution in [0.25, 0.3) is 0 Å². The molecule has 5 heteroatoms. The monoisotopic (exact) mass is 192 g/mol. The zero-order valence-corrected chi connectivity index (χ0v) is 7.75. The van der Waals surface area contributed by atoms with E-state index in [1.54, 1.807) is 6.92 Å². The maximum Gasteiger partial charge on any atom is 0.183 e. The van der Waals surface area contributed by atoms with Crippen molar-refractivity contribution in [1.82, 2.24) is 0 Å². The highest BCUT2D eigenvalue weighted by molar-refractivity contribution is 4.86. The Labute approximate surface area is 76.9 Å². The van der Waals surface area contributed by atoms with E-state index in [9.17, 15) is 10.2 Å². The summed E-state index contributed by atoms with van der Waals surface area (Å²) in [5, 5.41) is 27.9. The normalized spacial score (nSPS) is 46.4. The molecule has 1 heterocycles. The molecule has 78 valence electrons. The van der Waals surface area contributed by atoms with Crippen LogP contribution in [0.4, 0.5) is 0 Å². The number of methoxy groups -OCH3 is 1. The molecule has 1 fully saturated rings. The first-order valence-electron chi connectivity index (χ1n) is 4.27. The Hall–Kier alpha value is -0.200. The molecule has 1 saturated heterocycles. The highest BCUT2D eigenvalue weighted by Crippen LogP contribution is 2.25. The molecule has 0 aromatic carbocycles. The van der Waals surface area contributed by atoms with Gasteiger partial charge in [-0.05, 0) is 0 Å². The summed E-state index contributed by atoms with van der Waals surface area (Å²) in [5.41, 5.74) is 0. The van der Waals surface area contributed by atoms with Crippen LogP contribution in [0.5, 0.6) is 0 Å². The second kappa shape index (κ2) is 4.34. The van der Waals surface area contributed by atoms with Gasteiger partial charge in [-0.15, -0.1) is 0 Å². The van der Waals surface area contributed by atoms with Crippen molar-refractivity contribution in [3.05, 3.63) is 0 Å². The van der Waals surface area contributed by atoms with Crippen LogP contribution in [-0.4, -0.2) is 53.6 Å². The predicted molar refractivity (Wildman–Crippen MR) is 43.9 cm³/mol. The first-order valence-corrected chi connectivity index (χ1v) is 4.27. The van der Waals surface area contributed by atoms with E-state index < -0.39 is 24.6 Å². The largest absolute Gasteiger partial charge is 0.394 e. The fourth-order valence-corrected chi connectivity index (χ4v) is 1.47. The van der Waals surface area contributed by atoms with Gasteiger partial charge in [-0.25, -0.2) is 0 Å². The van der Waals surface area contributed by atoms with Crippen LogP contribution in [0.1, 0.15) is 6.92 Å². The highest BCUT2D eigenvalue weighted by atomic mass is 16.7. The molecule has 3 N–H and O–H groups in total. The first kappa shape index (κ1) is 10.9. The molecule has 0 aromatic heterocycles. The Balaban J connectivity index is 2.66. The van der Waals surface area contributed by atoms with Crippen molar-refractivity contribution in [2.24, 2.45) is 5.92 Å². The molecule has 13 heavy (non-hydrogen) atoms. The molecular formula is C8H16O5. The first-order chi connectivity index (χ1) is 6.11. The van der Waals surface area contributed by atoms with Gasteiger partial charge in [-0.2, -0.15) is 0 Å². The molecule has 5 unspecified atom stereocenters. The molecule has 0 saturated carbocycles. The number of aliphatic hydroxyl groups is 3. The van der Waals surface area contributed by atoms with Gasteiger partial charge in [0.05, 0.1) is 12.7 Å². The molecule has 0 aromatic rings. The Morgan fingerprint density at radius 1 is 1.31 bits per heavy atom. The van der Waals surface area contributed by atoms with Crippen LogP contribution in [0.3, 0.4) is 0 Å². The van der Waals surface area contributed by atoms with E-state index in [-0.39, 0.29) is 12.5 Å². The standard InChI is InChI=1S/C8H16O5/c1-4-6(10)5(3-9)13-8(12-2)7(4)11/h4-11H,3H2,1-2H3. The minimum Gasteiger partial charge on any atom is -0.394 e. The quantitative estimate of drug-likeness (QED) is 0.507. The van der Waals surface area contributed by atoms with Crippen molar-refractivity contribution < 1.29 is 24.8 Å². The Bertz CT molecular complexity index is 143. The van der Waals surface area contributed by atoms with Crippen molar-refractivity contribution in [3.63, 3.8) is 0 Å². The molecule has 5 nitrogen and oxygen atoms in total. The van der Waals surface area contributed by atoms with E-state index in [2.05, 4.69) is 0 Å². The van der Waals surface area contributed by atoms with Crippen LogP contribution < -0.4 is 0 Å². The van der Waals surface area contributed by atoms with Crippen LogP contribution in [-0.2, 0) is 9.47 Å². The lowest BCUT2D eigenvalue weighted by Gasteiger charge is -2.40. The molecule has 1 aliphatic heterocycles. The van der Waals surface area contributed by atoms with Gasteiger partial charge in [0.1, 0.15) is 12.2 Å². The van der Waals surface area contributed by atoms with Gasteiger partial charge in [0.15, 0.2) is 6.29 Å². The lowest BCUT2D eigenvalue weighted by atomic mass is 9.91. The maximum absolute atomic E-state index is 9.53. The van der Waals surface area contributed by atoms with E-state index >= 15 is 0 Å². The zero-order chi connectivity index (χ0) is 10.0. The number of ether oxygens (including phenoxy) is 2. The second-order valence-electron chi connectivity index (χ2n) is 3.30. The van der Waals surface area contributed by atoms with E-state index in [4.69, 9.17) is 14.6 Å². The van der Waals surface area contributed by atoms with Gasteiger partial charge in [0, 0.05) is 13.0 Å². The van der Waals surface area contributed by atoms with Crippen molar-refractivity contribution in [2.45, 2.75) is 31.5 Å². The van der Waals surface area contributed by atoms with Crippen molar-refractivity contribution in [1.29, 1.82) is 0 Å². The number of rotatable bonds is 2. The van der Waals surface area contributed by atoms with Gasteiger partial charge >= 0.3 is 0 Å². The van der Waals surface area contributed by atoms with Gasteiger partial charge < -0.3 is 24.8 Å². The zero-order valence-electron chi connectivity index (χ0n) is 7.75. The second-order valence-corrected chi connectivity index (χ2v) is 3.30. The summed E-state index contributed by atoms with van der Waals surface area (Å²) >= 11 is 0. The van der Waals surface area contributed by atoms with Gasteiger partial charge in [-0.1, -0.05) is 6.92 Å². The topological polar surface area (TPSA) is 79.2 Å². The molecular weight excluding hydrogens is 176 g/mol. The molecule has 1 aliphatic rings. The van der Waals surface area contributed by atoms with Crippen molar-refractivity contribution in [3.8, 4) is 0 Å². The lowest BCUT2D eigenvalue weighted by molar-refractivity contribution is -0.280. The number of hydrogen-bond acceptors (Lipinski definition) is 5. The molecule has 1 rings (SSSR count). The average Bonchev–Trinajstić information content (AvgIpc) is 2.15. The maximum atomic E-state index is 9.53. The van der Waals surface area contributed by atoms with E-state index in [1.165, 1.54) is 7.11 Å². The Morgan fingerprint density at radius 3 is 2.38 bits per heavy atom. The van der Waals surface area contributed by atoms with Gasteiger partial charge in [-0.3, -0.25) is 0 Å². The molecule has 0 radical (unpaired) electrons. The highest BCUT2D eigenvalue weighted by Gasteiger charge is 2.41. The molecule has 0 amide bonds. The minimum absolute atomic E-state index is 0.280. The smallest absolute Gasteiger partial charge is 0.183 e. The molecule has 5 atom stereocenters. The SMILES string of the molecule is COC1OC(CO)C(O)C(C)C1O. The summed E-state index contributed by atoms with van der Waals surface area (Å²) in [5.74, 6) is -0.365. The van der Waals surface area contributed by atoms with Crippen molar-refractivity contribution in [2.75, 3.05) is 13.7 Å². The van der Waals surface area contributed by atoms with Crippen molar-refractivity contribution >= 4 is 0 Å². The van der Waals surface area contributed by atoms with E-state index in [1.807, 2.05) is 0 Å².